The molecule has 0 saturated heterocycles. The number of allylic oxidation sites excluding steroid dienone is 1. The number of nitrogens with one attached hydrogen (secondary N) is 1. The van der Waals surface area contributed by atoms with Crippen molar-refractivity contribution >= 4 is 0 Å². The zero-order valence-corrected chi connectivity index (χ0v) is 7.09. The molecular weight excluding hydrogens is 138 g/mol. The van der Waals surface area contributed by atoms with Crippen molar-refractivity contribution in [2.45, 2.75) is 25.9 Å². The predicted octanol–water partition coefficient (Wildman–Crippen LogP) is 0.923. The summed E-state index contributed by atoms with van der Waals surface area (Å²) in [4.78, 5) is 0. The van der Waals surface area contributed by atoms with Crippen LogP contribution in [0.4, 0.5) is 0 Å². The second-order valence-electron chi connectivity index (χ2n) is 3.13. The normalized spacial score (nSPS) is 20.9. The number of rotatable bonds is 5. The molecule has 0 aliphatic heterocycles. The molecule has 0 spiro atoms. The van der Waals surface area contributed by atoms with Gasteiger partial charge in [-0.1, -0.05) is 12.2 Å². The van der Waals surface area contributed by atoms with Gasteiger partial charge in [-0.05, 0) is 25.7 Å². The number of aliphatic hydroxyl groups is 1. The van der Waals surface area contributed by atoms with Gasteiger partial charge in [0.15, 0.2) is 0 Å². The van der Waals surface area contributed by atoms with Gasteiger partial charge in [0.1, 0.15) is 0 Å². The number of hydrogen-bond donors (Lipinski definition) is 2. The van der Waals surface area contributed by atoms with Crippen molar-refractivity contribution in [2.24, 2.45) is 5.92 Å². The SMILES string of the molecule is C/C=C/CNCC(O)C1CC1. The molecule has 0 aromatic carbocycles. The van der Waals surface area contributed by atoms with E-state index in [0.717, 1.165) is 13.1 Å². The van der Waals surface area contributed by atoms with Crippen LogP contribution in [0.25, 0.3) is 0 Å². The van der Waals surface area contributed by atoms with Gasteiger partial charge in [-0.3, -0.25) is 0 Å². The summed E-state index contributed by atoms with van der Waals surface area (Å²) < 4.78 is 0. The third-order valence-corrected chi connectivity index (χ3v) is 2.02. The Bertz CT molecular complexity index is 130. The lowest BCUT2D eigenvalue weighted by molar-refractivity contribution is 0.150. The number of hydrogen-bond acceptors (Lipinski definition) is 2. The lowest BCUT2D eigenvalue weighted by atomic mass is 10.2. The zero-order chi connectivity index (χ0) is 8.10. The van der Waals surface area contributed by atoms with E-state index in [2.05, 4.69) is 11.4 Å². The molecule has 11 heavy (non-hydrogen) atoms. The van der Waals surface area contributed by atoms with E-state index < -0.39 is 0 Å². The second-order valence-corrected chi connectivity index (χ2v) is 3.13. The van der Waals surface area contributed by atoms with E-state index in [1.165, 1.54) is 12.8 Å². The Morgan fingerprint density at radius 2 is 2.36 bits per heavy atom. The van der Waals surface area contributed by atoms with Crippen LogP contribution in [-0.4, -0.2) is 24.3 Å². The average Bonchev–Trinajstić information content (AvgIpc) is 2.79. The molecular formula is C9H17NO. The topological polar surface area (TPSA) is 32.3 Å². The summed E-state index contributed by atoms with van der Waals surface area (Å²) in [5, 5.41) is 12.6. The minimum absolute atomic E-state index is 0.111. The highest BCUT2D eigenvalue weighted by Gasteiger charge is 2.28. The maximum absolute atomic E-state index is 9.40. The van der Waals surface area contributed by atoms with Crippen molar-refractivity contribution in [3.05, 3.63) is 12.2 Å². The van der Waals surface area contributed by atoms with E-state index >= 15 is 0 Å². The number of aliphatic hydroxyl groups excluding tert-OH is 1. The molecule has 0 bridgehead atoms. The third kappa shape index (κ3) is 3.54. The van der Waals surface area contributed by atoms with Crippen LogP contribution in [0, 0.1) is 5.92 Å². The molecule has 0 amide bonds. The summed E-state index contributed by atoms with van der Waals surface area (Å²) in [6.45, 7) is 3.62. The Morgan fingerprint density at radius 3 is 2.91 bits per heavy atom. The van der Waals surface area contributed by atoms with Crippen LogP contribution in [0.3, 0.4) is 0 Å². The highest BCUT2D eigenvalue weighted by Crippen LogP contribution is 2.32. The molecule has 0 aromatic heterocycles. The largest absolute Gasteiger partial charge is 0.392 e. The lowest BCUT2D eigenvalue weighted by Crippen LogP contribution is -2.28. The fourth-order valence-electron chi connectivity index (χ4n) is 1.08. The first-order valence-electron chi connectivity index (χ1n) is 4.34. The van der Waals surface area contributed by atoms with Gasteiger partial charge in [0.2, 0.25) is 0 Å². The first-order valence-corrected chi connectivity index (χ1v) is 4.34. The average molecular weight is 155 g/mol. The van der Waals surface area contributed by atoms with Crippen molar-refractivity contribution in [3.8, 4) is 0 Å². The predicted molar refractivity (Wildman–Crippen MR) is 46.4 cm³/mol. The summed E-state index contributed by atoms with van der Waals surface area (Å²) in [6, 6.07) is 0. The molecule has 2 N–H and O–H groups in total. The summed E-state index contributed by atoms with van der Waals surface area (Å²) in [7, 11) is 0. The quantitative estimate of drug-likeness (QED) is 0.457. The van der Waals surface area contributed by atoms with Gasteiger partial charge in [0.25, 0.3) is 0 Å². The van der Waals surface area contributed by atoms with Crippen molar-refractivity contribution in [1.82, 2.24) is 5.32 Å². The fraction of sp³-hybridized carbons (Fsp3) is 0.778. The van der Waals surface area contributed by atoms with E-state index in [4.69, 9.17) is 0 Å². The molecule has 1 aliphatic carbocycles. The van der Waals surface area contributed by atoms with E-state index in [9.17, 15) is 5.11 Å². The molecule has 1 unspecified atom stereocenters. The molecule has 1 saturated carbocycles. The van der Waals surface area contributed by atoms with E-state index in [1.54, 1.807) is 0 Å². The maximum Gasteiger partial charge on any atom is 0.0692 e. The third-order valence-electron chi connectivity index (χ3n) is 2.02. The van der Waals surface area contributed by atoms with E-state index in [1.807, 2.05) is 13.0 Å². The molecule has 2 nitrogen and oxygen atoms in total. The molecule has 0 radical (unpaired) electrons. The highest BCUT2D eigenvalue weighted by atomic mass is 16.3. The monoisotopic (exact) mass is 155 g/mol. The zero-order valence-electron chi connectivity index (χ0n) is 7.09. The van der Waals surface area contributed by atoms with Gasteiger partial charge < -0.3 is 10.4 Å². The van der Waals surface area contributed by atoms with Crippen LogP contribution >= 0.6 is 0 Å². The molecule has 1 atom stereocenters. The smallest absolute Gasteiger partial charge is 0.0692 e. The standard InChI is InChI=1S/C9H17NO/c1-2-3-6-10-7-9(11)8-4-5-8/h2-3,8-11H,4-7H2,1H3/b3-2+. The Kier molecular flexibility index (Phi) is 3.60. The fourth-order valence-corrected chi connectivity index (χ4v) is 1.08. The van der Waals surface area contributed by atoms with Crippen LogP contribution < -0.4 is 5.32 Å². The van der Waals surface area contributed by atoms with Crippen LogP contribution in [0.15, 0.2) is 12.2 Å². The van der Waals surface area contributed by atoms with Crippen LogP contribution in [0.5, 0.6) is 0 Å². The minimum Gasteiger partial charge on any atom is -0.392 e. The van der Waals surface area contributed by atoms with Gasteiger partial charge in [-0.25, -0.2) is 0 Å². The van der Waals surface area contributed by atoms with Crippen molar-refractivity contribution in [1.29, 1.82) is 0 Å². The Balaban J connectivity index is 1.93. The molecule has 0 aromatic rings. The van der Waals surface area contributed by atoms with Crippen molar-refractivity contribution < 1.29 is 5.11 Å². The van der Waals surface area contributed by atoms with Crippen molar-refractivity contribution in [3.63, 3.8) is 0 Å². The summed E-state index contributed by atoms with van der Waals surface area (Å²) in [5.41, 5.74) is 0. The van der Waals surface area contributed by atoms with Gasteiger partial charge in [0, 0.05) is 13.1 Å². The van der Waals surface area contributed by atoms with Crippen LogP contribution in [0.1, 0.15) is 19.8 Å². The Hall–Kier alpha value is -0.340. The van der Waals surface area contributed by atoms with Gasteiger partial charge in [-0.2, -0.15) is 0 Å². The van der Waals surface area contributed by atoms with Gasteiger partial charge in [0.05, 0.1) is 6.10 Å². The minimum atomic E-state index is -0.111. The molecule has 2 heteroatoms. The molecule has 1 fully saturated rings. The summed E-state index contributed by atoms with van der Waals surface area (Å²) in [6.07, 6.45) is 6.38. The Morgan fingerprint density at radius 1 is 1.64 bits per heavy atom. The lowest BCUT2D eigenvalue weighted by Gasteiger charge is -2.08. The molecule has 64 valence electrons. The van der Waals surface area contributed by atoms with E-state index in [-0.39, 0.29) is 6.10 Å². The molecule has 1 aliphatic rings. The maximum atomic E-state index is 9.40. The van der Waals surface area contributed by atoms with E-state index in [0.29, 0.717) is 5.92 Å². The first-order chi connectivity index (χ1) is 5.34. The van der Waals surface area contributed by atoms with Gasteiger partial charge in [-0.15, -0.1) is 0 Å². The van der Waals surface area contributed by atoms with Crippen LogP contribution in [0.2, 0.25) is 0 Å². The highest BCUT2D eigenvalue weighted by molar-refractivity contribution is 4.84. The summed E-state index contributed by atoms with van der Waals surface area (Å²) >= 11 is 0. The molecule has 0 heterocycles. The first kappa shape index (κ1) is 8.75. The summed E-state index contributed by atoms with van der Waals surface area (Å²) in [5.74, 6) is 0.591. The van der Waals surface area contributed by atoms with Crippen molar-refractivity contribution in [2.75, 3.05) is 13.1 Å². The van der Waals surface area contributed by atoms with Gasteiger partial charge >= 0.3 is 0 Å². The molecule has 1 rings (SSSR count). The second kappa shape index (κ2) is 4.52. The van der Waals surface area contributed by atoms with Crippen LogP contribution in [-0.2, 0) is 0 Å². The Labute approximate surface area is 68.3 Å².